The Morgan fingerprint density at radius 2 is 1.20 bits per heavy atom. The van der Waals surface area contributed by atoms with Crippen LogP contribution in [0, 0.1) is 23.3 Å². The monoisotopic (exact) mass is 748 g/mol. The molecule has 6 nitrogen and oxygen atoms in total. The highest BCUT2D eigenvalue weighted by Gasteiger charge is 2.38. The molecular formula is C36H56F4N2O4S2Si. The van der Waals surface area contributed by atoms with E-state index in [2.05, 4.69) is 47.0 Å². The summed E-state index contributed by atoms with van der Waals surface area (Å²) in [5, 5.41) is 9.28. The lowest BCUT2D eigenvalue weighted by Gasteiger charge is -2.38. The molecule has 0 heterocycles. The molecule has 0 aromatic heterocycles. The SMILES string of the molecule is C=CC[C@@H](CO)N(C)C(=O)CCc1cccc(F)c1F.C=CC[C@@H](CO[Si](C)(C)C(C)(C)C)N(C)C(=O)CCc1cccc(F)c1F.S.S. The van der Waals surface area contributed by atoms with Crippen LogP contribution in [0.1, 0.15) is 57.6 Å². The summed E-state index contributed by atoms with van der Waals surface area (Å²) in [6.45, 7) is 18.5. The second-order valence-electron chi connectivity index (χ2n) is 13.0. The van der Waals surface area contributed by atoms with Gasteiger partial charge in [0.25, 0.3) is 0 Å². The summed E-state index contributed by atoms with van der Waals surface area (Å²) in [5.74, 6) is -3.94. The molecule has 13 heteroatoms. The molecule has 0 bridgehead atoms. The molecular weight excluding hydrogens is 693 g/mol. The summed E-state index contributed by atoms with van der Waals surface area (Å²) in [6, 6.07) is 7.49. The zero-order chi connectivity index (χ0) is 35.9. The van der Waals surface area contributed by atoms with Crippen molar-refractivity contribution in [1.29, 1.82) is 0 Å². The molecule has 278 valence electrons. The third kappa shape index (κ3) is 15.5. The van der Waals surface area contributed by atoms with Gasteiger partial charge < -0.3 is 19.3 Å². The molecule has 2 atom stereocenters. The van der Waals surface area contributed by atoms with Crippen LogP contribution in [0.2, 0.25) is 18.1 Å². The summed E-state index contributed by atoms with van der Waals surface area (Å²) in [7, 11) is 1.38. The third-order valence-electron chi connectivity index (χ3n) is 8.69. The van der Waals surface area contributed by atoms with E-state index in [1.165, 1.54) is 29.2 Å². The molecule has 0 unspecified atom stereocenters. The summed E-state index contributed by atoms with van der Waals surface area (Å²) in [5.41, 5.74) is 0.394. The lowest BCUT2D eigenvalue weighted by atomic mass is 10.1. The van der Waals surface area contributed by atoms with Gasteiger partial charge in [0.1, 0.15) is 0 Å². The van der Waals surface area contributed by atoms with Crippen LogP contribution in [0.15, 0.2) is 61.7 Å². The number of carbonyl (C=O) groups is 2. The average Bonchev–Trinajstić information content (AvgIpc) is 3.02. The van der Waals surface area contributed by atoms with Crippen molar-refractivity contribution in [2.24, 2.45) is 0 Å². The minimum atomic E-state index is -1.93. The molecule has 0 spiro atoms. The van der Waals surface area contributed by atoms with E-state index < -0.39 is 31.6 Å². The highest BCUT2D eigenvalue weighted by molar-refractivity contribution is 7.59. The first-order chi connectivity index (χ1) is 21.9. The van der Waals surface area contributed by atoms with E-state index in [-0.39, 0.29) is 99.3 Å². The fraction of sp³-hybridized carbons (Fsp3) is 0.500. The molecule has 0 aliphatic carbocycles. The Hall–Kier alpha value is -2.58. The van der Waals surface area contributed by atoms with E-state index >= 15 is 0 Å². The topological polar surface area (TPSA) is 70.1 Å². The Labute approximate surface area is 305 Å². The number of hydrogen-bond donors (Lipinski definition) is 1. The van der Waals surface area contributed by atoms with E-state index in [1.807, 2.05) is 0 Å². The van der Waals surface area contributed by atoms with Crippen molar-refractivity contribution >= 4 is 47.1 Å². The van der Waals surface area contributed by atoms with E-state index in [4.69, 9.17) is 4.43 Å². The third-order valence-corrected chi connectivity index (χ3v) is 13.2. The predicted octanol–water partition coefficient (Wildman–Crippen LogP) is 7.84. The number of aryl methyl sites for hydroxylation is 2. The van der Waals surface area contributed by atoms with Crippen molar-refractivity contribution in [2.75, 3.05) is 27.3 Å². The van der Waals surface area contributed by atoms with Gasteiger partial charge in [-0.15, -0.1) is 13.2 Å². The van der Waals surface area contributed by atoms with Crippen LogP contribution >= 0.6 is 27.0 Å². The molecule has 0 aliphatic rings. The van der Waals surface area contributed by atoms with E-state index in [9.17, 15) is 32.3 Å². The van der Waals surface area contributed by atoms with Crippen LogP contribution in [0.4, 0.5) is 17.6 Å². The minimum absolute atomic E-state index is 0. The van der Waals surface area contributed by atoms with Gasteiger partial charge in [0.2, 0.25) is 11.8 Å². The number of aliphatic hydroxyl groups is 1. The molecule has 2 rings (SSSR count). The van der Waals surface area contributed by atoms with Gasteiger partial charge in [-0.25, -0.2) is 17.6 Å². The first-order valence-electron chi connectivity index (χ1n) is 15.7. The quantitative estimate of drug-likeness (QED) is 0.108. The average molecular weight is 749 g/mol. The van der Waals surface area contributed by atoms with Crippen molar-refractivity contribution in [3.63, 3.8) is 0 Å². The zero-order valence-corrected chi connectivity index (χ0v) is 32.9. The first kappa shape index (κ1) is 48.5. The van der Waals surface area contributed by atoms with Crippen molar-refractivity contribution in [1.82, 2.24) is 9.80 Å². The van der Waals surface area contributed by atoms with Crippen LogP contribution in [-0.4, -0.2) is 74.4 Å². The van der Waals surface area contributed by atoms with Gasteiger partial charge in [0.05, 0.1) is 25.3 Å². The highest BCUT2D eigenvalue weighted by Crippen LogP contribution is 2.36. The van der Waals surface area contributed by atoms with Crippen LogP contribution in [0.5, 0.6) is 0 Å². The Morgan fingerprint density at radius 1 is 0.816 bits per heavy atom. The second kappa shape index (κ2) is 23.0. The molecule has 2 amide bonds. The number of benzene rings is 2. The van der Waals surface area contributed by atoms with Gasteiger partial charge >= 0.3 is 0 Å². The molecule has 0 fully saturated rings. The number of rotatable bonds is 16. The fourth-order valence-corrected chi connectivity index (χ4v) is 5.37. The summed E-state index contributed by atoms with van der Waals surface area (Å²) >= 11 is 0. The molecule has 0 radical (unpaired) electrons. The number of aliphatic hydroxyl groups excluding tert-OH is 1. The second-order valence-corrected chi connectivity index (χ2v) is 17.9. The van der Waals surface area contributed by atoms with Crippen LogP contribution in [0.3, 0.4) is 0 Å². The number of amides is 2. The van der Waals surface area contributed by atoms with E-state index in [0.29, 0.717) is 19.4 Å². The number of hydrogen-bond acceptors (Lipinski definition) is 4. The summed E-state index contributed by atoms with van der Waals surface area (Å²) in [6.07, 6.45) is 4.95. The van der Waals surface area contributed by atoms with Gasteiger partial charge in [-0.05, 0) is 67.1 Å². The van der Waals surface area contributed by atoms with Gasteiger partial charge in [0, 0.05) is 26.9 Å². The van der Waals surface area contributed by atoms with E-state index in [1.54, 1.807) is 31.1 Å². The highest BCUT2D eigenvalue weighted by atomic mass is 32.1. The number of nitrogens with zero attached hydrogens (tertiary/aromatic N) is 2. The maximum atomic E-state index is 13.8. The standard InChI is InChI=1S/C21H33F2NO2Si.C15H19F2NO2.2H2S/c1-8-10-17(15-26-27(6,7)21(2,3)4)24(5)19(25)14-13-16-11-9-12-18(22)20(16)23;1-3-5-12(10-19)18(2)14(20)9-8-11-6-4-7-13(16)15(11)17;;/h8-9,11-12,17H,1,10,13-15H2,2-7H3;3-4,6-7,12,19H,1,5,8-10H2,2H3;2*1H2/t17-;12-;;/m00../s1. The van der Waals surface area contributed by atoms with Gasteiger partial charge in [0.15, 0.2) is 31.6 Å². The zero-order valence-electron chi connectivity index (χ0n) is 29.9. The van der Waals surface area contributed by atoms with Crippen molar-refractivity contribution in [3.05, 3.63) is 96.1 Å². The Balaban J connectivity index is 0. The van der Waals surface area contributed by atoms with Gasteiger partial charge in [-0.1, -0.05) is 57.2 Å². The predicted molar refractivity (Wildman–Crippen MR) is 203 cm³/mol. The Kier molecular flexibility index (Phi) is 22.8. The molecule has 49 heavy (non-hydrogen) atoms. The summed E-state index contributed by atoms with van der Waals surface area (Å²) in [4.78, 5) is 27.6. The number of halogens is 4. The van der Waals surface area contributed by atoms with Gasteiger partial charge in [-0.2, -0.15) is 27.0 Å². The molecule has 0 saturated heterocycles. The minimum Gasteiger partial charge on any atom is -0.415 e. The normalized spacial score (nSPS) is 12.2. The molecule has 0 saturated carbocycles. The van der Waals surface area contributed by atoms with Crippen molar-refractivity contribution in [2.45, 2.75) is 89.5 Å². The van der Waals surface area contributed by atoms with Crippen LogP contribution in [0.25, 0.3) is 0 Å². The van der Waals surface area contributed by atoms with Crippen LogP contribution in [-0.2, 0) is 26.9 Å². The van der Waals surface area contributed by atoms with Crippen LogP contribution < -0.4 is 0 Å². The number of carbonyl (C=O) groups excluding carboxylic acids is 2. The largest absolute Gasteiger partial charge is 0.415 e. The van der Waals surface area contributed by atoms with Crippen molar-refractivity contribution in [3.8, 4) is 0 Å². The van der Waals surface area contributed by atoms with Crippen molar-refractivity contribution < 1.29 is 36.7 Å². The maximum Gasteiger partial charge on any atom is 0.222 e. The smallest absolute Gasteiger partial charge is 0.222 e. The molecule has 0 aliphatic heterocycles. The lowest BCUT2D eigenvalue weighted by Crippen LogP contribution is -2.46. The Morgan fingerprint density at radius 3 is 1.57 bits per heavy atom. The summed E-state index contributed by atoms with van der Waals surface area (Å²) < 4.78 is 59.8. The maximum absolute atomic E-state index is 13.8. The molecule has 2 aromatic carbocycles. The Bertz CT molecular complexity index is 1340. The molecule has 1 N–H and O–H groups in total. The number of likely N-dealkylation sites (N-methyl/N-ethyl adjacent to an activating group) is 2. The molecule has 2 aromatic rings. The lowest BCUT2D eigenvalue weighted by molar-refractivity contribution is -0.133. The fourth-order valence-electron chi connectivity index (χ4n) is 4.33. The van der Waals surface area contributed by atoms with E-state index in [0.717, 1.165) is 12.1 Å². The van der Waals surface area contributed by atoms with Gasteiger partial charge in [-0.3, -0.25) is 9.59 Å². The first-order valence-corrected chi connectivity index (χ1v) is 18.7.